The van der Waals surface area contributed by atoms with E-state index in [1.807, 2.05) is 30.2 Å². The Bertz CT molecular complexity index is 509. The zero-order valence-electron chi connectivity index (χ0n) is 9.67. The largest absolute Gasteiger partial charge is 0.395 e. The highest BCUT2D eigenvalue weighted by Gasteiger charge is 2.18. The molecule has 2 N–H and O–H groups in total. The molecule has 1 aliphatic rings. The molecule has 1 saturated heterocycles. The molecular weight excluding hydrogens is 304 g/mol. The van der Waals surface area contributed by atoms with Crippen molar-refractivity contribution in [1.82, 2.24) is 5.32 Å². The highest BCUT2D eigenvalue weighted by molar-refractivity contribution is 8.27. The molecule has 0 aliphatic carbocycles. The monoisotopic (exact) mass is 316 g/mol. The van der Waals surface area contributed by atoms with Gasteiger partial charge in [0.1, 0.15) is 9.31 Å². The first kappa shape index (κ1) is 14.0. The van der Waals surface area contributed by atoms with Gasteiger partial charge in [-0.1, -0.05) is 36.2 Å². The van der Waals surface area contributed by atoms with Crippen LogP contribution in [-0.2, 0) is 0 Å². The fourth-order valence-corrected chi connectivity index (χ4v) is 3.92. The van der Waals surface area contributed by atoms with Crippen molar-refractivity contribution in [3.8, 4) is 0 Å². The topological polar surface area (TPSA) is 35.5 Å². The van der Waals surface area contributed by atoms with E-state index in [1.165, 1.54) is 11.8 Å². The number of rotatable bonds is 4. The van der Waals surface area contributed by atoms with E-state index < -0.39 is 0 Å². The van der Waals surface area contributed by atoms with Crippen molar-refractivity contribution in [1.29, 1.82) is 0 Å². The van der Waals surface area contributed by atoms with Gasteiger partial charge in [-0.15, -0.1) is 11.3 Å². The number of hydrogen-bond donors (Lipinski definition) is 2. The van der Waals surface area contributed by atoms with Gasteiger partial charge in [-0.3, -0.25) is 0 Å². The van der Waals surface area contributed by atoms with Crippen molar-refractivity contribution in [3.63, 3.8) is 0 Å². The van der Waals surface area contributed by atoms with Crippen LogP contribution in [0.5, 0.6) is 0 Å². The SMILES string of the molecule is CN(CCO)c1ccc(/C=C2\SC(=S)NC2=S)s1. The first-order valence-corrected chi connectivity index (χ1v) is 7.72. The summed E-state index contributed by atoms with van der Waals surface area (Å²) in [6.45, 7) is 0.790. The molecule has 0 saturated carbocycles. The van der Waals surface area contributed by atoms with Crippen LogP contribution in [0, 0.1) is 0 Å². The van der Waals surface area contributed by atoms with Crippen LogP contribution in [0.3, 0.4) is 0 Å². The lowest BCUT2D eigenvalue weighted by Crippen LogP contribution is -2.19. The van der Waals surface area contributed by atoms with E-state index in [-0.39, 0.29) is 6.61 Å². The average Bonchev–Trinajstić information content (AvgIpc) is 2.88. The number of thiocarbonyl (C=S) groups is 2. The van der Waals surface area contributed by atoms with Gasteiger partial charge in [0.05, 0.1) is 16.5 Å². The average molecular weight is 316 g/mol. The summed E-state index contributed by atoms with van der Waals surface area (Å²) in [5.41, 5.74) is 0. The van der Waals surface area contributed by atoms with E-state index in [0.717, 1.165) is 14.8 Å². The van der Waals surface area contributed by atoms with Gasteiger partial charge in [0, 0.05) is 18.5 Å². The van der Waals surface area contributed by atoms with Crippen LogP contribution in [0.1, 0.15) is 4.88 Å². The number of anilines is 1. The number of thiophene rings is 1. The zero-order valence-corrected chi connectivity index (χ0v) is 12.9. The van der Waals surface area contributed by atoms with Gasteiger partial charge in [0.25, 0.3) is 0 Å². The Morgan fingerprint density at radius 1 is 1.44 bits per heavy atom. The smallest absolute Gasteiger partial charge is 0.143 e. The number of aliphatic hydroxyl groups is 1. The van der Waals surface area contributed by atoms with Crippen LogP contribution in [0.4, 0.5) is 5.00 Å². The molecule has 2 rings (SSSR count). The van der Waals surface area contributed by atoms with Gasteiger partial charge in [0.2, 0.25) is 0 Å². The van der Waals surface area contributed by atoms with Gasteiger partial charge in [0.15, 0.2) is 0 Å². The third kappa shape index (κ3) is 3.30. The molecule has 0 bridgehead atoms. The minimum atomic E-state index is 0.156. The van der Waals surface area contributed by atoms with Crippen LogP contribution in [-0.4, -0.2) is 34.6 Å². The molecule has 0 unspecified atom stereocenters. The quantitative estimate of drug-likeness (QED) is 0.656. The number of nitrogens with one attached hydrogen (secondary N) is 1. The van der Waals surface area contributed by atoms with Gasteiger partial charge in [-0.05, 0) is 18.2 Å². The predicted octanol–water partition coefficient (Wildman–Crippen LogP) is 2.47. The molecule has 96 valence electrons. The molecule has 0 atom stereocenters. The van der Waals surface area contributed by atoms with Crippen LogP contribution < -0.4 is 10.2 Å². The lowest BCUT2D eigenvalue weighted by molar-refractivity contribution is 0.304. The Hall–Kier alpha value is -0.470. The minimum absolute atomic E-state index is 0.156. The van der Waals surface area contributed by atoms with Gasteiger partial charge < -0.3 is 15.3 Å². The maximum Gasteiger partial charge on any atom is 0.143 e. The standard InChI is InChI=1S/C11H12N2OS4/c1-13(4-5-14)9-3-2-7(17-9)6-8-10(15)12-11(16)18-8/h2-3,6,14H,4-5H2,1H3,(H,12,15,16)/b8-6-. The number of nitrogens with zero attached hydrogens (tertiary/aromatic N) is 1. The minimum Gasteiger partial charge on any atom is -0.395 e. The molecule has 1 fully saturated rings. The summed E-state index contributed by atoms with van der Waals surface area (Å²) in [4.78, 5) is 4.85. The molecule has 1 aliphatic heterocycles. The Morgan fingerprint density at radius 2 is 2.22 bits per heavy atom. The summed E-state index contributed by atoms with van der Waals surface area (Å²) in [5, 5.41) is 13.0. The summed E-state index contributed by atoms with van der Waals surface area (Å²) in [7, 11) is 1.96. The van der Waals surface area contributed by atoms with Crippen molar-refractivity contribution in [2.75, 3.05) is 25.1 Å². The Balaban J connectivity index is 2.13. The number of hydrogen-bond acceptors (Lipinski definition) is 6. The maximum absolute atomic E-state index is 8.91. The lowest BCUT2D eigenvalue weighted by atomic mass is 10.4. The molecule has 3 nitrogen and oxygen atoms in total. The Morgan fingerprint density at radius 3 is 2.83 bits per heavy atom. The fraction of sp³-hybridized carbons (Fsp3) is 0.273. The molecule has 0 amide bonds. The molecule has 0 radical (unpaired) electrons. The fourth-order valence-electron chi connectivity index (χ4n) is 1.44. The summed E-state index contributed by atoms with van der Waals surface area (Å²) in [6, 6.07) is 4.09. The lowest BCUT2D eigenvalue weighted by Gasteiger charge is -2.14. The zero-order chi connectivity index (χ0) is 13.1. The van der Waals surface area contributed by atoms with Crippen LogP contribution in [0.15, 0.2) is 17.0 Å². The van der Waals surface area contributed by atoms with E-state index in [9.17, 15) is 0 Å². The van der Waals surface area contributed by atoms with Gasteiger partial charge in [-0.2, -0.15) is 0 Å². The van der Waals surface area contributed by atoms with Crippen molar-refractivity contribution >= 4 is 67.9 Å². The summed E-state index contributed by atoms with van der Waals surface area (Å²) >= 11 is 13.4. The molecule has 7 heteroatoms. The summed E-state index contributed by atoms with van der Waals surface area (Å²) in [6.07, 6.45) is 2.04. The second-order valence-corrected chi connectivity index (χ2v) is 6.89. The highest BCUT2D eigenvalue weighted by Crippen LogP contribution is 2.31. The highest BCUT2D eigenvalue weighted by atomic mass is 32.2. The van der Waals surface area contributed by atoms with Gasteiger partial charge in [-0.25, -0.2) is 0 Å². The first-order chi connectivity index (χ1) is 8.60. The Labute approximate surface area is 125 Å². The molecular formula is C11H12N2OS4. The first-order valence-electron chi connectivity index (χ1n) is 5.27. The van der Waals surface area contributed by atoms with E-state index in [2.05, 4.69) is 5.32 Å². The van der Waals surface area contributed by atoms with Crippen LogP contribution >= 0.6 is 47.5 Å². The summed E-state index contributed by atoms with van der Waals surface area (Å²) in [5.74, 6) is 0. The molecule has 1 aromatic rings. The molecule has 2 heterocycles. The van der Waals surface area contributed by atoms with Gasteiger partial charge >= 0.3 is 0 Å². The molecule has 0 spiro atoms. The number of thioether (sulfide) groups is 1. The second kappa shape index (κ2) is 6.12. The van der Waals surface area contributed by atoms with E-state index in [4.69, 9.17) is 29.5 Å². The van der Waals surface area contributed by atoms with Crippen molar-refractivity contribution in [2.45, 2.75) is 0 Å². The second-order valence-electron chi connectivity index (χ2n) is 3.67. The predicted molar refractivity (Wildman–Crippen MR) is 88.6 cm³/mol. The summed E-state index contributed by atoms with van der Waals surface area (Å²) < 4.78 is 0.709. The van der Waals surface area contributed by atoms with E-state index in [1.54, 1.807) is 11.3 Å². The molecule has 1 aromatic heterocycles. The van der Waals surface area contributed by atoms with Crippen molar-refractivity contribution in [2.24, 2.45) is 0 Å². The van der Waals surface area contributed by atoms with Crippen molar-refractivity contribution < 1.29 is 5.11 Å². The van der Waals surface area contributed by atoms with E-state index >= 15 is 0 Å². The number of aliphatic hydroxyl groups excluding tert-OH is 1. The van der Waals surface area contributed by atoms with Crippen molar-refractivity contribution in [3.05, 3.63) is 21.9 Å². The maximum atomic E-state index is 8.91. The third-order valence-corrected chi connectivity index (χ3v) is 5.12. The Kier molecular flexibility index (Phi) is 4.74. The third-order valence-electron chi connectivity index (χ3n) is 2.34. The van der Waals surface area contributed by atoms with E-state index in [0.29, 0.717) is 15.9 Å². The number of likely N-dealkylation sites (N-methyl/N-ethyl adjacent to an activating group) is 1. The van der Waals surface area contributed by atoms with Crippen LogP contribution in [0.2, 0.25) is 0 Å². The molecule has 0 aromatic carbocycles. The molecule has 18 heavy (non-hydrogen) atoms. The normalized spacial score (nSPS) is 17.3. The van der Waals surface area contributed by atoms with Crippen LogP contribution in [0.25, 0.3) is 6.08 Å².